The van der Waals surface area contributed by atoms with Crippen molar-refractivity contribution < 1.29 is 4.79 Å². The van der Waals surface area contributed by atoms with Crippen molar-refractivity contribution in [1.82, 2.24) is 19.7 Å². The summed E-state index contributed by atoms with van der Waals surface area (Å²) in [5.74, 6) is 0. The van der Waals surface area contributed by atoms with Gasteiger partial charge in [-0.2, -0.15) is 0 Å². The number of aryl methyl sites for hydroxylation is 1. The molecule has 1 unspecified atom stereocenters. The van der Waals surface area contributed by atoms with Crippen molar-refractivity contribution in [3.63, 3.8) is 0 Å². The van der Waals surface area contributed by atoms with Gasteiger partial charge in [-0.05, 0) is 74.7 Å². The van der Waals surface area contributed by atoms with Crippen molar-refractivity contribution in [3.8, 4) is 0 Å². The van der Waals surface area contributed by atoms with Gasteiger partial charge in [0.2, 0.25) is 0 Å². The van der Waals surface area contributed by atoms with E-state index in [1.54, 1.807) is 12.1 Å². The summed E-state index contributed by atoms with van der Waals surface area (Å²) in [7, 11) is 2.16. The molecule has 1 atom stereocenters. The lowest BCUT2D eigenvalue weighted by Gasteiger charge is -2.37. The molecule has 9 heteroatoms. The smallest absolute Gasteiger partial charge is 0.322 e. The molecule has 4 rings (SSSR count). The highest BCUT2D eigenvalue weighted by Gasteiger charge is 2.28. The number of carbonyl (C=O) groups excluding carboxylic acids is 1. The van der Waals surface area contributed by atoms with Crippen LogP contribution in [-0.2, 0) is 12.8 Å². The van der Waals surface area contributed by atoms with Gasteiger partial charge >= 0.3 is 6.03 Å². The van der Waals surface area contributed by atoms with Crippen LogP contribution in [0.25, 0.3) is 0 Å². The number of urea groups is 1. The molecular formula is C24H32Cl2N6O. The zero-order valence-electron chi connectivity index (χ0n) is 19.1. The Morgan fingerprint density at radius 3 is 2.61 bits per heavy atom. The van der Waals surface area contributed by atoms with Crippen molar-refractivity contribution in [2.45, 2.75) is 31.7 Å². The molecule has 33 heavy (non-hydrogen) atoms. The third-order valence-electron chi connectivity index (χ3n) is 6.62. The number of rotatable bonds is 6. The molecule has 2 heterocycles. The Balaban J connectivity index is 1.45. The largest absolute Gasteiger partial charge is 0.399 e. The number of aromatic nitrogens is 1. The standard InChI is InChI=1S/C24H32Cl2N6O/c1-30-9-11-31(12-10-30)7-2-8-32(24(33)28-20-15-22(25)29-23(26)16-20)21-6-4-17-3-5-19(27)13-18(17)14-21/h3,5,13,15-16,21H,2,4,6-12,14,27H2,1H3,(H,28,29,33). The van der Waals surface area contributed by atoms with Gasteiger partial charge in [-0.3, -0.25) is 0 Å². The molecule has 2 aliphatic rings. The van der Waals surface area contributed by atoms with Gasteiger partial charge in [-0.25, -0.2) is 9.78 Å². The van der Waals surface area contributed by atoms with Crippen LogP contribution < -0.4 is 11.1 Å². The van der Waals surface area contributed by atoms with E-state index in [2.05, 4.69) is 33.2 Å². The van der Waals surface area contributed by atoms with E-state index >= 15 is 0 Å². The molecule has 0 saturated carbocycles. The van der Waals surface area contributed by atoms with Crippen LogP contribution in [0.3, 0.4) is 0 Å². The van der Waals surface area contributed by atoms with Gasteiger partial charge in [0.1, 0.15) is 10.3 Å². The number of nitrogen functional groups attached to an aromatic ring is 1. The number of pyridine rings is 1. The van der Waals surface area contributed by atoms with Crippen LogP contribution in [0.4, 0.5) is 16.2 Å². The van der Waals surface area contributed by atoms with E-state index in [1.807, 2.05) is 17.0 Å². The van der Waals surface area contributed by atoms with Gasteiger partial charge in [0, 0.05) is 50.1 Å². The van der Waals surface area contributed by atoms with E-state index in [0.29, 0.717) is 12.2 Å². The number of anilines is 2. The third kappa shape index (κ3) is 6.51. The van der Waals surface area contributed by atoms with Crippen LogP contribution >= 0.6 is 23.2 Å². The fraction of sp³-hybridized carbons (Fsp3) is 0.500. The van der Waals surface area contributed by atoms with E-state index < -0.39 is 0 Å². The molecule has 0 bridgehead atoms. The number of nitrogens with one attached hydrogen (secondary N) is 1. The van der Waals surface area contributed by atoms with Gasteiger partial charge in [-0.1, -0.05) is 29.3 Å². The number of amides is 2. The number of nitrogens with zero attached hydrogens (tertiary/aromatic N) is 4. The van der Waals surface area contributed by atoms with Crippen LogP contribution in [0.2, 0.25) is 10.3 Å². The summed E-state index contributed by atoms with van der Waals surface area (Å²) in [6.45, 7) is 6.01. The third-order valence-corrected chi connectivity index (χ3v) is 7.00. The second kappa shape index (κ2) is 10.9. The summed E-state index contributed by atoms with van der Waals surface area (Å²) in [6.07, 6.45) is 3.60. The Hall–Kier alpha value is -2.06. The lowest BCUT2D eigenvalue weighted by atomic mass is 9.87. The average Bonchev–Trinajstić information content (AvgIpc) is 2.76. The van der Waals surface area contributed by atoms with Crippen molar-refractivity contribution in [2.24, 2.45) is 0 Å². The van der Waals surface area contributed by atoms with Crippen LogP contribution in [0, 0.1) is 0 Å². The molecule has 1 fully saturated rings. The van der Waals surface area contributed by atoms with Crippen LogP contribution in [0.5, 0.6) is 0 Å². The van der Waals surface area contributed by atoms with Gasteiger partial charge in [0.15, 0.2) is 0 Å². The molecule has 1 aliphatic heterocycles. The molecule has 178 valence electrons. The minimum absolute atomic E-state index is 0.111. The number of carbonyl (C=O) groups is 1. The number of fused-ring (bicyclic) bond motifs is 1. The van der Waals surface area contributed by atoms with E-state index in [-0.39, 0.29) is 22.4 Å². The number of hydrogen-bond acceptors (Lipinski definition) is 5. The second-order valence-corrected chi connectivity index (χ2v) is 9.82. The molecular weight excluding hydrogens is 459 g/mol. The van der Waals surface area contributed by atoms with Gasteiger partial charge < -0.3 is 25.8 Å². The highest BCUT2D eigenvalue weighted by atomic mass is 35.5. The van der Waals surface area contributed by atoms with Gasteiger partial charge in [0.05, 0.1) is 0 Å². The highest BCUT2D eigenvalue weighted by Crippen LogP contribution is 2.27. The molecule has 3 N–H and O–H groups in total. The monoisotopic (exact) mass is 490 g/mol. The number of halogens is 2. The van der Waals surface area contributed by atoms with E-state index in [1.165, 1.54) is 11.1 Å². The molecule has 1 aliphatic carbocycles. The Labute approximate surface area is 205 Å². The quantitative estimate of drug-likeness (QED) is 0.472. The topological polar surface area (TPSA) is 77.7 Å². The van der Waals surface area contributed by atoms with Crippen LogP contribution in [-0.4, -0.2) is 78.1 Å². The zero-order valence-corrected chi connectivity index (χ0v) is 20.6. The molecule has 2 amide bonds. The summed E-state index contributed by atoms with van der Waals surface area (Å²) in [4.78, 5) is 24.2. The van der Waals surface area contributed by atoms with Crippen LogP contribution in [0.15, 0.2) is 30.3 Å². The van der Waals surface area contributed by atoms with E-state index in [4.69, 9.17) is 28.9 Å². The normalized spacial score (nSPS) is 19.2. The highest BCUT2D eigenvalue weighted by molar-refractivity contribution is 6.32. The van der Waals surface area contributed by atoms with Crippen molar-refractivity contribution in [1.29, 1.82) is 0 Å². The van der Waals surface area contributed by atoms with Gasteiger partial charge in [0.25, 0.3) is 0 Å². The summed E-state index contributed by atoms with van der Waals surface area (Å²) in [5, 5.41) is 3.49. The molecule has 1 aromatic heterocycles. The molecule has 0 radical (unpaired) electrons. The summed E-state index contributed by atoms with van der Waals surface area (Å²) in [5.41, 5.74) is 9.91. The summed E-state index contributed by atoms with van der Waals surface area (Å²) >= 11 is 12.1. The summed E-state index contributed by atoms with van der Waals surface area (Å²) < 4.78 is 0. The van der Waals surface area contributed by atoms with E-state index in [9.17, 15) is 4.79 Å². The molecule has 1 aromatic carbocycles. The Morgan fingerprint density at radius 1 is 1.15 bits per heavy atom. The first-order valence-corrected chi connectivity index (χ1v) is 12.3. The van der Waals surface area contributed by atoms with Crippen molar-refractivity contribution in [2.75, 3.05) is 57.4 Å². The Kier molecular flexibility index (Phi) is 7.96. The fourth-order valence-corrected chi connectivity index (χ4v) is 5.20. The van der Waals surface area contributed by atoms with E-state index in [0.717, 1.165) is 64.1 Å². The minimum Gasteiger partial charge on any atom is -0.399 e. The van der Waals surface area contributed by atoms with Crippen LogP contribution in [0.1, 0.15) is 24.0 Å². The number of likely N-dealkylation sites (N-methyl/N-ethyl adjacent to an activating group) is 1. The maximum Gasteiger partial charge on any atom is 0.322 e. The van der Waals surface area contributed by atoms with Crippen molar-refractivity contribution >= 4 is 40.6 Å². The Bertz CT molecular complexity index is 959. The molecule has 0 spiro atoms. The second-order valence-electron chi connectivity index (χ2n) is 9.05. The predicted molar refractivity (Wildman–Crippen MR) is 135 cm³/mol. The number of nitrogens with two attached hydrogens (primary N) is 1. The zero-order chi connectivity index (χ0) is 23.4. The number of piperazine rings is 1. The fourth-order valence-electron chi connectivity index (χ4n) is 4.74. The SMILES string of the molecule is CN1CCN(CCCN(C(=O)Nc2cc(Cl)nc(Cl)c2)C2CCc3ccc(N)cc3C2)CC1. The molecule has 7 nitrogen and oxygen atoms in total. The summed E-state index contributed by atoms with van der Waals surface area (Å²) in [6, 6.07) is 9.32. The first-order chi connectivity index (χ1) is 15.9. The average molecular weight is 491 g/mol. The number of benzene rings is 1. The molecule has 1 saturated heterocycles. The number of hydrogen-bond donors (Lipinski definition) is 2. The molecule has 2 aromatic rings. The maximum atomic E-state index is 13.4. The Morgan fingerprint density at radius 2 is 1.88 bits per heavy atom. The minimum atomic E-state index is -0.135. The lowest BCUT2D eigenvalue weighted by Crippen LogP contribution is -2.48. The maximum absolute atomic E-state index is 13.4. The first-order valence-electron chi connectivity index (χ1n) is 11.6. The van der Waals surface area contributed by atoms with Crippen molar-refractivity contribution in [3.05, 3.63) is 51.8 Å². The first kappa shape index (κ1) is 24.1. The predicted octanol–water partition coefficient (Wildman–Crippen LogP) is 4.00. The van der Waals surface area contributed by atoms with Gasteiger partial charge in [-0.15, -0.1) is 0 Å². The lowest BCUT2D eigenvalue weighted by molar-refractivity contribution is 0.140.